The Labute approximate surface area is 206 Å². The number of rotatable bonds is 10. The first-order valence-corrected chi connectivity index (χ1v) is 11.9. The summed E-state index contributed by atoms with van der Waals surface area (Å²) in [5.74, 6) is -0.395. The molecule has 0 saturated carbocycles. The van der Waals surface area contributed by atoms with Crippen LogP contribution in [0.1, 0.15) is 39.9 Å². The average Bonchev–Trinajstić information content (AvgIpc) is 3.19. The molecular weight excluding hydrogens is 478 g/mol. The van der Waals surface area contributed by atoms with E-state index in [2.05, 4.69) is 20.8 Å². The monoisotopic (exact) mass is 501 g/mol. The van der Waals surface area contributed by atoms with Gasteiger partial charge in [-0.05, 0) is 36.8 Å². The number of anilines is 1. The number of nitrogens with zero attached hydrogens (tertiary/aromatic N) is 3. The number of carbonyl (C=O) groups is 3. The minimum absolute atomic E-state index is 0.0858. The molecule has 0 unspecified atom stereocenters. The van der Waals surface area contributed by atoms with Gasteiger partial charge in [0.25, 0.3) is 5.91 Å². The number of amides is 2. The van der Waals surface area contributed by atoms with Crippen LogP contribution in [-0.4, -0.2) is 44.9 Å². The molecule has 34 heavy (non-hydrogen) atoms. The molecule has 2 aromatic carbocycles. The molecule has 0 aliphatic carbocycles. The molecule has 0 atom stereocenters. The summed E-state index contributed by atoms with van der Waals surface area (Å²) in [5.41, 5.74) is 1.24. The van der Waals surface area contributed by atoms with Crippen molar-refractivity contribution in [3.05, 3.63) is 70.5 Å². The molecule has 3 rings (SSSR count). The van der Waals surface area contributed by atoms with E-state index in [1.54, 1.807) is 60.1 Å². The van der Waals surface area contributed by atoms with Gasteiger partial charge < -0.3 is 19.9 Å². The zero-order valence-electron chi connectivity index (χ0n) is 18.7. The normalized spacial score (nSPS) is 10.6. The third-order valence-electron chi connectivity index (χ3n) is 4.60. The van der Waals surface area contributed by atoms with Gasteiger partial charge in [0.2, 0.25) is 5.91 Å². The quantitative estimate of drug-likeness (QED) is 0.321. The van der Waals surface area contributed by atoms with Crippen LogP contribution in [0.5, 0.6) is 0 Å². The fourth-order valence-electron chi connectivity index (χ4n) is 2.85. The summed E-state index contributed by atoms with van der Waals surface area (Å²) in [4.78, 5) is 36.7. The maximum atomic E-state index is 12.4. The van der Waals surface area contributed by atoms with Crippen LogP contribution in [0.25, 0.3) is 0 Å². The summed E-state index contributed by atoms with van der Waals surface area (Å²) >= 11 is 7.25. The zero-order valence-corrected chi connectivity index (χ0v) is 20.3. The minimum Gasteiger partial charge on any atom is -0.462 e. The standard InChI is InChI=1S/C23H24ClN5O4S/c1-3-11-33-22(32)15-7-6-8-16(12-15)26-20(30)14-34-23-28-27-19(29(23)2)13-25-21(31)17-9-4-5-10-18(17)24/h4-10,12H,3,11,13-14H2,1-2H3,(H,25,31)(H,26,30). The minimum atomic E-state index is -0.430. The van der Waals surface area contributed by atoms with Crippen LogP contribution in [0.15, 0.2) is 53.7 Å². The molecule has 11 heteroatoms. The molecule has 0 aliphatic heterocycles. The molecule has 0 bridgehead atoms. The molecular formula is C23H24ClN5O4S. The predicted octanol–water partition coefficient (Wildman–Crippen LogP) is 3.70. The first-order valence-electron chi connectivity index (χ1n) is 10.5. The van der Waals surface area contributed by atoms with E-state index in [9.17, 15) is 14.4 Å². The Bertz CT molecular complexity index is 1180. The van der Waals surface area contributed by atoms with E-state index >= 15 is 0 Å². The lowest BCUT2D eigenvalue weighted by molar-refractivity contribution is -0.113. The van der Waals surface area contributed by atoms with E-state index in [0.717, 1.165) is 6.42 Å². The summed E-state index contributed by atoms with van der Waals surface area (Å²) in [5, 5.41) is 14.6. The van der Waals surface area contributed by atoms with Crippen LogP contribution in [0.3, 0.4) is 0 Å². The van der Waals surface area contributed by atoms with Crippen molar-refractivity contribution in [3.63, 3.8) is 0 Å². The fraction of sp³-hybridized carbons (Fsp3) is 0.261. The van der Waals surface area contributed by atoms with Gasteiger partial charge in [-0.3, -0.25) is 9.59 Å². The van der Waals surface area contributed by atoms with Crippen molar-refractivity contribution in [1.29, 1.82) is 0 Å². The van der Waals surface area contributed by atoms with E-state index in [1.165, 1.54) is 11.8 Å². The SMILES string of the molecule is CCCOC(=O)c1cccc(NC(=O)CSc2nnc(CNC(=O)c3ccccc3Cl)n2C)c1. The lowest BCUT2D eigenvalue weighted by Crippen LogP contribution is -2.24. The smallest absolute Gasteiger partial charge is 0.338 e. The number of nitrogens with one attached hydrogen (secondary N) is 2. The van der Waals surface area contributed by atoms with Crippen molar-refractivity contribution in [2.45, 2.75) is 25.0 Å². The average molecular weight is 502 g/mol. The molecule has 178 valence electrons. The third kappa shape index (κ3) is 6.82. The summed E-state index contributed by atoms with van der Waals surface area (Å²) < 4.78 is 6.82. The molecule has 0 fully saturated rings. The van der Waals surface area contributed by atoms with Crippen molar-refractivity contribution in [2.75, 3.05) is 17.7 Å². The van der Waals surface area contributed by atoms with Crippen LogP contribution in [-0.2, 0) is 23.1 Å². The van der Waals surface area contributed by atoms with Crippen LogP contribution in [0, 0.1) is 0 Å². The second-order valence-corrected chi connectivity index (χ2v) is 8.52. The van der Waals surface area contributed by atoms with E-state index in [0.29, 0.717) is 39.4 Å². The van der Waals surface area contributed by atoms with Crippen molar-refractivity contribution < 1.29 is 19.1 Å². The molecule has 3 aromatic rings. The fourth-order valence-corrected chi connectivity index (χ4v) is 3.81. The second-order valence-electron chi connectivity index (χ2n) is 7.17. The van der Waals surface area contributed by atoms with Gasteiger partial charge in [-0.2, -0.15) is 0 Å². The van der Waals surface area contributed by atoms with Crippen LogP contribution in [0.2, 0.25) is 5.02 Å². The molecule has 0 radical (unpaired) electrons. The Balaban J connectivity index is 1.51. The van der Waals surface area contributed by atoms with Crippen LogP contribution in [0.4, 0.5) is 5.69 Å². The van der Waals surface area contributed by atoms with Gasteiger partial charge in [-0.15, -0.1) is 10.2 Å². The summed E-state index contributed by atoms with van der Waals surface area (Å²) in [7, 11) is 1.75. The molecule has 9 nitrogen and oxygen atoms in total. The number of aromatic nitrogens is 3. The van der Waals surface area contributed by atoms with Gasteiger partial charge >= 0.3 is 5.97 Å². The summed E-state index contributed by atoms with van der Waals surface area (Å²) in [6.07, 6.45) is 0.733. The first-order chi connectivity index (χ1) is 16.4. The number of hydrogen-bond donors (Lipinski definition) is 2. The third-order valence-corrected chi connectivity index (χ3v) is 5.95. The molecule has 1 heterocycles. The highest BCUT2D eigenvalue weighted by Crippen LogP contribution is 2.18. The Morgan fingerprint density at radius 3 is 2.68 bits per heavy atom. The van der Waals surface area contributed by atoms with E-state index in [1.807, 2.05) is 6.92 Å². The van der Waals surface area contributed by atoms with Crippen molar-refractivity contribution >= 4 is 46.8 Å². The maximum Gasteiger partial charge on any atom is 0.338 e. The highest BCUT2D eigenvalue weighted by atomic mass is 35.5. The van der Waals surface area contributed by atoms with Crippen molar-refractivity contribution in [1.82, 2.24) is 20.1 Å². The van der Waals surface area contributed by atoms with Crippen LogP contribution < -0.4 is 10.6 Å². The van der Waals surface area contributed by atoms with Gasteiger partial charge in [0, 0.05) is 12.7 Å². The maximum absolute atomic E-state index is 12.4. The molecule has 0 saturated heterocycles. The zero-order chi connectivity index (χ0) is 24.5. The van der Waals surface area contributed by atoms with Gasteiger partial charge in [-0.1, -0.05) is 48.5 Å². The lowest BCUT2D eigenvalue weighted by Gasteiger charge is -2.08. The topological polar surface area (TPSA) is 115 Å². The highest BCUT2D eigenvalue weighted by molar-refractivity contribution is 7.99. The molecule has 2 amide bonds. The lowest BCUT2D eigenvalue weighted by atomic mass is 10.2. The van der Waals surface area contributed by atoms with E-state index in [4.69, 9.17) is 16.3 Å². The summed E-state index contributed by atoms with van der Waals surface area (Å²) in [6, 6.07) is 13.3. The van der Waals surface area contributed by atoms with Gasteiger partial charge in [0.15, 0.2) is 11.0 Å². The Kier molecular flexibility index (Phi) is 9.06. The van der Waals surface area contributed by atoms with Gasteiger partial charge in [0.1, 0.15) is 0 Å². The molecule has 2 N–H and O–H groups in total. The highest BCUT2D eigenvalue weighted by Gasteiger charge is 2.15. The van der Waals surface area contributed by atoms with E-state index in [-0.39, 0.29) is 24.1 Å². The number of ether oxygens (including phenoxy) is 1. The Hall–Kier alpha value is -3.37. The molecule has 0 aliphatic rings. The largest absolute Gasteiger partial charge is 0.462 e. The number of benzene rings is 2. The van der Waals surface area contributed by atoms with Gasteiger partial charge in [-0.25, -0.2) is 4.79 Å². The first kappa shape index (κ1) is 25.3. The number of hydrogen-bond acceptors (Lipinski definition) is 7. The summed E-state index contributed by atoms with van der Waals surface area (Å²) in [6.45, 7) is 2.41. The number of thioether (sulfide) groups is 1. The number of carbonyl (C=O) groups excluding carboxylic acids is 3. The number of halogens is 1. The predicted molar refractivity (Wildman–Crippen MR) is 130 cm³/mol. The van der Waals surface area contributed by atoms with Gasteiger partial charge in [0.05, 0.1) is 35.1 Å². The van der Waals surface area contributed by atoms with Crippen molar-refractivity contribution in [3.8, 4) is 0 Å². The Morgan fingerprint density at radius 2 is 1.91 bits per heavy atom. The number of esters is 1. The molecule has 0 spiro atoms. The second kappa shape index (κ2) is 12.2. The van der Waals surface area contributed by atoms with Crippen molar-refractivity contribution in [2.24, 2.45) is 7.05 Å². The van der Waals surface area contributed by atoms with E-state index < -0.39 is 5.97 Å². The van der Waals surface area contributed by atoms with Crippen LogP contribution >= 0.6 is 23.4 Å². The molecule has 1 aromatic heterocycles. The Morgan fingerprint density at radius 1 is 1.12 bits per heavy atom.